The molecular formula is C26H33ClN2O4. The second kappa shape index (κ2) is 12.5. The smallest absolute Gasteiger partial charge is 0.255 e. The van der Waals surface area contributed by atoms with Crippen molar-refractivity contribution in [2.75, 3.05) is 45.3 Å². The molecule has 1 N–H and O–H groups in total. The van der Waals surface area contributed by atoms with E-state index in [4.69, 9.17) is 25.8 Å². The van der Waals surface area contributed by atoms with Crippen molar-refractivity contribution in [1.29, 1.82) is 0 Å². The molecule has 178 valence electrons. The van der Waals surface area contributed by atoms with E-state index in [2.05, 4.69) is 24.1 Å². The van der Waals surface area contributed by atoms with Gasteiger partial charge in [-0.1, -0.05) is 25.4 Å². The first-order valence-electron chi connectivity index (χ1n) is 11.5. The first-order chi connectivity index (χ1) is 16.0. The van der Waals surface area contributed by atoms with E-state index in [0.717, 1.165) is 44.5 Å². The molecule has 1 aliphatic heterocycles. The van der Waals surface area contributed by atoms with Gasteiger partial charge in [0.25, 0.3) is 5.91 Å². The van der Waals surface area contributed by atoms with Crippen LogP contribution in [-0.2, 0) is 4.79 Å². The number of carbonyl (C=O) groups excluding carboxylic acids is 1. The lowest BCUT2D eigenvalue weighted by Gasteiger charge is -2.21. The third-order valence-corrected chi connectivity index (χ3v) is 5.59. The summed E-state index contributed by atoms with van der Waals surface area (Å²) in [6, 6.07) is 10.7. The fourth-order valence-electron chi connectivity index (χ4n) is 3.80. The Morgan fingerprint density at radius 1 is 1.09 bits per heavy atom. The highest BCUT2D eigenvalue weighted by atomic mass is 35.5. The van der Waals surface area contributed by atoms with Crippen molar-refractivity contribution in [2.45, 2.75) is 33.1 Å². The Balaban J connectivity index is 1.61. The number of halogens is 1. The van der Waals surface area contributed by atoms with Crippen molar-refractivity contribution in [3.05, 3.63) is 52.6 Å². The minimum Gasteiger partial charge on any atom is -0.493 e. The predicted molar refractivity (Wildman–Crippen MR) is 134 cm³/mol. The number of ether oxygens (including phenoxy) is 3. The van der Waals surface area contributed by atoms with Crippen molar-refractivity contribution in [3.63, 3.8) is 0 Å². The number of hydrogen-bond donors (Lipinski definition) is 1. The summed E-state index contributed by atoms with van der Waals surface area (Å²) in [7, 11) is 1.61. The van der Waals surface area contributed by atoms with E-state index >= 15 is 0 Å². The van der Waals surface area contributed by atoms with Gasteiger partial charge in [-0.25, -0.2) is 0 Å². The maximum atomic E-state index is 12.8. The van der Waals surface area contributed by atoms with Gasteiger partial charge in [-0.05, 0) is 68.8 Å². The number of nitrogens with one attached hydrogen (secondary N) is 1. The molecule has 0 saturated heterocycles. The Morgan fingerprint density at radius 3 is 2.61 bits per heavy atom. The Morgan fingerprint density at radius 2 is 1.88 bits per heavy atom. The number of hydrogen-bond acceptors (Lipinski definition) is 5. The van der Waals surface area contributed by atoms with E-state index in [0.29, 0.717) is 40.1 Å². The number of nitrogens with zero attached hydrogens (tertiary/aromatic N) is 1. The van der Waals surface area contributed by atoms with Gasteiger partial charge >= 0.3 is 0 Å². The van der Waals surface area contributed by atoms with Crippen LogP contribution in [-0.4, -0.2) is 50.8 Å². The molecule has 2 aromatic rings. The normalized spacial score (nSPS) is 12.6. The number of benzene rings is 2. The van der Waals surface area contributed by atoms with Crippen molar-refractivity contribution in [2.24, 2.45) is 0 Å². The Kier molecular flexibility index (Phi) is 9.46. The number of fused-ring (bicyclic) bond motifs is 1. The van der Waals surface area contributed by atoms with E-state index in [1.54, 1.807) is 49.6 Å². The summed E-state index contributed by atoms with van der Waals surface area (Å²) < 4.78 is 17.1. The summed E-state index contributed by atoms with van der Waals surface area (Å²) in [4.78, 5) is 15.3. The predicted octanol–water partition coefficient (Wildman–Crippen LogP) is 5.65. The maximum Gasteiger partial charge on any atom is 0.255 e. The Labute approximate surface area is 201 Å². The lowest BCUT2D eigenvalue weighted by atomic mass is 10.1. The molecule has 0 aromatic heterocycles. The molecule has 1 amide bonds. The van der Waals surface area contributed by atoms with E-state index in [1.807, 2.05) is 0 Å². The number of rotatable bonds is 12. The second-order valence-corrected chi connectivity index (χ2v) is 8.44. The topological polar surface area (TPSA) is 60.0 Å². The molecule has 1 aliphatic rings. The minimum absolute atomic E-state index is 0.200. The standard InChI is InChI=1S/C26H33ClN2O4/c1-4-11-29(12-5-2)13-6-14-32-25-17-22(8-10-24(25)31-3)28-26(30)20-15-19-16-21(27)7-9-23(19)33-18-20/h7-10,15-17H,4-6,11-14,18H2,1-3H3,(H,28,30). The van der Waals surface area contributed by atoms with Crippen LogP contribution in [0.15, 0.2) is 42.0 Å². The molecule has 0 radical (unpaired) electrons. The van der Waals surface area contributed by atoms with Crippen LogP contribution < -0.4 is 19.5 Å². The van der Waals surface area contributed by atoms with Crippen molar-refractivity contribution >= 4 is 29.3 Å². The average Bonchev–Trinajstić information content (AvgIpc) is 2.81. The zero-order chi connectivity index (χ0) is 23.6. The molecule has 0 unspecified atom stereocenters. The van der Waals surface area contributed by atoms with Gasteiger partial charge in [-0.15, -0.1) is 0 Å². The highest BCUT2D eigenvalue weighted by molar-refractivity contribution is 6.30. The molecule has 1 heterocycles. The first-order valence-corrected chi connectivity index (χ1v) is 11.9. The molecule has 0 bridgehead atoms. The first kappa shape index (κ1) is 24.9. The third kappa shape index (κ3) is 7.14. The average molecular weight is 473 g/mol. The Hall–Kier alpha value is -2.70. The van der Waals surface area contributed by atoms with Crippen molar-refractivity contribution < 1.29 is 19.0 Å². The zero-order valence-electron chi connectivity index (χ0n) is 19.7. The monoisotopic (exact) mass is 472 g/mol. The lowest BCUT2D eigenvalue weighted by Crippen LogP contribution is -2.27. The minimum atomic E-state index is -0.230. The van der Waals surface area contributed by atoms with Crippen LogP contribution in [0.1, 0.15) is 38.7 Å². The maximum absolute atomic E-state index is 12.8. The van der Waals surface area contributed by atoms with Gasteiger partial charge in [0.05, 0.1) is 19.3 Å². The molecule has 0 atom stereocenters. The zero-order valence-corrected chi connectivity index (χ0v) is 20.4. The van der Waals surface area contributed by atoms with Crippen LogP contribution in [0.25, 0.3) is 6.08 Å². The molecular weight excluding hydrogens is 440 g/mol. The molecule has 33 heavy (non-hydrogen) atoms. The summed E-state index contributed by atoms with van der Waals surface area (Å²) >= 11 is 6.07. The molecule has 0 saturated carbocycles. The van der Waals surface area contributed by atoms with Crippen LogP contribution in [0.4, 0.5) is 5.69 Å². The van der Waals surface area contributed by atoms with Crippen LogP contribution in [0.3, 0.4) is 0 Å². The third-order valence-electron chi connectivity index (χ3n) is 5.35. The number of carbonyl (C=O) groups is 1. The molecule has 2 aromatic carbocycles. The number of methoxy groups -OCH3 is 1. The van der Waals surface area contributed by atoms with E-state index in [1.165, 1.54) is 0 Å². The van der Waals surface area contributed by atoms with Gasteiger partial charge < -0.3 is 24.4 Å². The van der Waals surface area contributed by atoms with Crippen LogP contribution in [0.5, 0.6) is 17.2 Å². The van der Waals surface area contributed by atoms with E-state index < -0.39 is 0 Å². The lowest BCUT2D eigenvalue weighted by molar-refractivity contribution is -0.113. The number of amides is 1. The summed E-state index contributed by atoms with van der Waals surface area (Å²) in [6.45, 7) is 8.39. The molecule has 3 rings (SSSR count). The van der Waals surface area contributed by atoms with Gasteiger partial charge in [0.2, 0.25) is 0 Å². The van der Waals surface area contributed by atoms with E-state index in [-0.39, 0.29) is 12.5 Å². The summed E-state index contributed by atoms with van der Waals surface area (Å²) in [5, 5.41) is 3.52. The van der Waals surface area contributed by atoms with Crippen LogP contribution >= 0.6 is 11.6 Å². The largest absolute Gasteiger partial charge is 0.493 e. The van der Waals surface area contributed by atoms with Crippen LogP contribution in [0.2, 0.25) is 5.02 Å². The second-order valence-electron chi connectivity index (χ2n) is 8.00. The molecule has 7 heteroatoms. The highest BCUT2D eigenvalue weighted by Gasteiger charge is 2.18. The van der Waals surface area contributed by atoms with Crippen molar-refractivity contribution in [3.8, 4) is 17.2 Å². The van der Waals surface area contributed by atoms with Crippen molar-refractivity contribution in [1.82, 2.24) is 4.90 Å². The highest BCUT2D eigenvalue weighted by Crippen LogP contribution is 2.32. The van der Waals surface area contributed by atoms with Gasteiger partial charge in [0, 0.05) is 28.9 Å². The Bertz CT molecular complexity index is 971. The summed E-state index contributed by atoms with van der Waals surface area (Å²) in [6.07, 6.45) is 5.03. The quantitative estimate of drug-likeness (QED) is 0.404. The molecule has 0 fully saturated rings. The summed E-state index contributed by atoms with van der Waals surface area (Å²) in [5.74, 6) is 1.73. The fraction of sp³-hybridized carbons (Fsp3) is 0.423. The van der Waals surface area contributed by atoms with Crippen LogP contribution in [0, 0.1) is 0 Å². The van der Waals surface area contributed by atoms with Gasteiger partial charge in [-0.2, -0.15) is 0 Å². The molecule has 0 spiro atoms. The number of anilines is 1. The molecule has 6 nitrogen and oxygen atoms in total. The van der Waals surface area contributed by atoms with Gasteiger partial charge in [0.15, 0.2) is 11.5 Å². The molecule has 0 aliphatic carbocycles. The van der Waals surface area contributed by atoms with Gasteiger partial charge in [-0.3, -0.25) is 4.79 Å². The fourth-order valence-corrected chi connectivity index (χ4v) is 3.98. The van der Waals surface area contributed by atoms with E-state index in [9.17, 15) is 4.79 Å². The van der Waals surface area contributed by atoms with Gasteiger partial charge in [0.1, 0.15) is 12.4 Å². The SMILES string of the molecule is CCCN(CCC)CCCOc1cc(NC(=O)C2=Cc3cc(Cl)ccc3OC2)ccc1OC. The summed E-state index contributed by atoms with van der Waals surface area (Å²) in [5.41, 5.74) is 1.94.